The summed E-state index contributed by atoms with van der Waals surface area (Å²) in [5.74, 6) is -0.00882. The van der Waals surface area contributed by atoms with Crippen LogP contribution < -0.4 is 5.73 Å². The van der Waals surface area contributed by atoms with E-state index in [-0.39, 0.29) is 16.7 Å². The summed E-state index contributed by atoms with van der Waals surface area (Å²) in [5.41, 5.74) is 6.64. The lowest BCUT2D eigenvalue weighted by molar-refractivity contribution is 0.471. The van der Waals surface area contributed by atoms with E-state index in [9.17, 15) is 13.5 Å². The number of fused-ring (bicyclic) bond motifs is 1. The highest BCUT2D eigenvalue weighted by Gasteiger charge is 2.29. The summed E-state index contributed by atoms with van der Waals surface area (Å²) in [6.45, 7) is 1.80. The van der Waals surface area contributed by atoms with Gasteiger partial charge in [0.05, 0.1) is 4.90 Å². The Balaban J connectivity index is 2.62. The van der Waals surface area contributed by atoms with E-state index in [0.29, 0.717) is 17.6 Å². The number of aromatic hydroxyl groups is 1. The zero-order valence-corrected chi connectivity index (χ0v) is 9.66. The van der Waals surface area contributed by atoms with Gasteiger partial charge in [-0.3, -0.25) is 0 Å². The molecule has 1 aromatic rings. The molecule has 0 aromatic heterocycles. The van der Waals surface area contributed by atoms with Gasteiger partial charge in [-0.05, 0) is 31.1 Å². The molecule has 1 heterocycles. The summed E-state index contributed by atoms with van der Waals surface area (Å²) < 4.78 is 23.5. The van der Waals surface area contributed by atoms with Crippen LogP contribution in [0, 0.1) is 0 Å². The Morgan fingerprint density at radius 3 is 2.75 bits per heavy atom. The summed E-state index contributed by atoms with van der Waals surface area (Å²) in [6, 6.07) is 4.35. The van der Waals surface area contributed by atoms with Crippen molar-refractivity contribution in [3.8, 4) is 5.75 Å². The summed E-state index contributed by atoms with van der Waals surface area (Å²) in [5, 5.41) is 10.9. The van der Waals surface area contributed by atoms with Crippen LogP contribution in [-0.2, 0) is 9.84 Å². The third kappa shape index (κ3) is 1.72. The first-order valence-electron chi connectivity index (χ1n) is 4.95. The van der Waals surface area contributed by atoms with Gasteiger partial charge in [-0.15, -0.1) is 0 Å². The Kier molecular flexibility index (Phi) is 2.52. The predicted octanol–water partition coefficient (Wildman–Crippen LogP) is 1.26. The van der Waals surface area contributed by atoms with Crippen LogP contribution in [0.2, 0.25) is 0 Å². The normalized spacial score (nSPS) is 19.0. The SMILES string of the molecule is CC(N)CC1=CS(=O)(=O)c2cccc(O)c21. The number of rotatable bonds is 2. The molecule has 0 fully saturated rings. The number of nitrogens with two attached hydrogens (primary N) is 1. The van der Waals surface area contributed by atoms with Crippen molar-refractivity contribution in [2.45, 2.75) is 24.3 Å². The molecule has 0 amide bonds. The number of hydrogen-bond acceptors (Lipinski definition) is 4. The second kappa shape index (κ2) is 3.61. The van der Waals surface area contributed by atoms with Crippen molar-refractivity contribution < 1.29 is 13.5 Å². The van der Waals surface area contributed by atoms with E-state index in [1.54, 1.807) is 6.92 Å². The minimum Gasteiger partial charge on any atom is -0.507 e. The second-order valence-electron chi connectivity index (χ2n) is 4.02. The van der Waals surface area contributed by atoms with Crippen molar-refractivity contribution >= 4 is 15.4 Å². The molecule has 5 heteroatoms. The van der Waals surface area contributed by atoms with Crippen molar-refractivity contribution in [1.29, 1.82) is 0 Å². The number of phenolic OH excluding ortho intramolecular Hbond substituents is 1. The van der Waals surface area contributed by atoms with Crippen molar-refractivity contribution in [3.05, 3.63) is 29.2 Å². The van der Waals surface area contributed by atoms with Gasteiger partial charge >= 0.3 is 0 Å². The van der Waals surface area contributed by atoms with Crippen LogP contribution in [0.4, 0.5) is 0 Å². The molecule has 0 radical (unpaired) electrons. The van der Waals surface area contributed by atoms with E-state index in [4.69, 9.17) is 5.73 Å². The molecular weight excluding hydrogens is 226 g/mol. The van der Waals surface area contributed by atoms with Gasteiger partial charge in [0.25, 0.3) is 0 Å². The molecule has 1 atom stereocenters. The molecule has 0 saturated carbocycles. The van der Waals surface area contributed by atoms with Gasteiger partial charge in [-0.25, -0.2) is 8.42 Å². The lowest BCUT2D eigenvalue weighted by Crippen LogP contribution is -2.14. The van der Waals surface area contributed by atoms with Crippen molar-refractivity contribution in [3.63, 3.8) is 0 Å². The minimum atomic E-state index is -3.40. The average Bonchev–Trinajstić information content (AvgIpc) is 2.38. The number of hydrogen-bond donors (Lipinski definition) is 2. The number of sulfone groups is 1. The van der Waals surface area contributed by atoms with Gasteiger partial charge in [0, 0.05) is 17.0 Å². The van der Waals surface area contributed by atoms with Crippen molar-refractivity contribution in [1.82, 2.24) is 0 Å². The van der Waals surface area contributed by atoms with E-state index < -0.39 is 9.84 Å². The Morgan fingerprint density at radius 1 is 1.44 bits per heavy atom. The Labute approximate surface area is 94.3 Å². The molecule has 1 aliphatic rings. The smallest absolute Gasteiger partial charge is 0.200 e. The molecule has 86 valence electrons. The van der Waals surface area contributed by atoms with E-state index in [0.717, 1.165) is 0 Å². The number of phenols is 1. The average molecular weight is 239 g/mol. The lowest BCUT2D eigenvalue weighted by Gasteiger charge is -2.08. The summed E-state index contributed by atoms with van der Waals surface area (Å²) in [4.78, 5) is 0.170. The van der Waals surface area contributed by atoms with E-state index in [2.05, 4.69) is 0 Å². The molecule has 1 aromatic carbocycles. The molecule has 0 saturated heterocycles. The first kappa shape index (κ1) is 11.2. The fourth-order valence-corrected chi connectivity index (χ4v) is 3.39. The van der Waals surface area contributed by atoms with Crippen molar-refractivity contribution in [2.24, 2.45) is 5.73 Å². The van der Waals surface area contributed by atoms with Crippen LogP contribution in [0.3, 0.4) is 0 Å². The molecule has 3 N–H and O–H groups in total. The molecule has 0 bridgehead atoms. The first-order chi connectivity index (χ1) is 7.42. The summed E-state index contributed by atoms with van der Waals surface area (Å²) in [6.07, 6.45) is 0.434. The maximum absolute atomic E-state index is 11.8. The predicted molar refractivity (Wildman–Crippen MR) is 61.5 cm³/mol. The lowest BCUT2D eigenvalue weighted by atomic mass is 10.0. The minimum absolute atomic E-state index is 0.00882. The van der Waals surface area contributed by atoms with Crippen LogP contribution in [-0.4, -0.2) is 19.6 Å². The monoisotopic (exact) mass is 239 g/mol. The molecule has 4 nitrogen and oxygen atoms in total. The molecule has 1 unspecified atom stereocenters. The standard InChI is InChI=1S/C11H13NO3S/c1-7(12)5-8-6-16(14,15)10-4-2-3-9(13)11(8)10/h2-4,6-7,13H,5,12H2,1H3. The molecular formula is C11H13NO3S. The van der Waals surface area contributed by atoms with Crippen LogP contribution in [0.1, 0.15) is 18.9 Å². The first-order valence-corrected chi connectivity index (χ1v) is 6.50. The molecule has 0 aliphatic carbocycles. The zero-order chi connectivity index (χ0) is 11.9. The Morgan fingerprint density at radius 2 is 2.12 bits per heavy atom. The van der Waals surface area contributed by atoms with E-state index in [1.165, 1.54) is 23.6 Å². The topological polar surface area (TPSA) is 80.4 Å². The number of benzene rings is 1. The van der Waals surface area contributed by atoms with Gasteiger partial charge in [0.15, 0.2) is 0 Å². The summed E-state index contributed by atoms with van der Waals surface area (Å²) >= 11 is 0. The molecule has 1 aliphatic heterocycles. The van der Waals surface area contributed by atoms with E-state index >= 15 is 0 Å². The largest absolute Gasteiger partial charge is 0.507 e. The van der Waals surface area contributed by atoms with Gasteiger partial charge in [-0.1, -0.05) is 6.07 Å². The zero-order valence-electron chi connectivity index (χ0n) is 8.84. The van der Waals surface area contributed by atoms with Crippen molar-refractivity contribution in [2.75, 3.05) is 0 Å². The Hall–Kier alpha value is -1.33. The fraction of sp³-hybridized carbons (Fsp3) is 0.273. The van der Waals surface area contributed by atoms with Crippen LogP contribution in [0.15, 0.2) is 28.5 Å². The highest BCUT2D eigenvalue weighted by atomic mass is 32.2. The van der Waals surface area contributed by atoms with E-state index in [1.807, 2.05) is 0 Å². The second-order valence-corrected chi connectivity index (χ2v) is 5.79. The van der Waals surface area contributed by atoms with Gasteiger partial charge in [-0.2, -0.15) is 0 Å². The van der Waals surface area contributed by atoms with Gasteiger partial charge < -0.3 is 10.8 Å². The van der Waals surface area contributed by atoms with Crippen LogP contribution in [0.25, 0.3) is 5.57 Å². The molecule has 16 heavy (non-hydrogen) atoms. The highest BCUT2D eigenvalue weighted by Crippen LogP contribution is 2.40. The quantitative estimate of drug-likeness (QED) is 0.814. The van der Waals surface area contributed by atoms with Gasteiger partial charge in [0.2, 0.25) is 9.84 Å². The van der Waals surface area contributed by atoms with Gasteiger partial charge in [0.1, 0.15) is 5.75 Å². The maximum atomic E-state index is 11.8. The fourth-order valence-electron chi connectivity index (χ4n) is 1.89. The Bertz CT molecular complexity index is 559. The van der Waals surface area contributed by atoms with Crippen LogP contribution >= 0.6 is 0 Å². The molecule has 0 spiro atoms. The third-order valence-electron chi connectivity index (χ3n) is 2.47. The highest BCUT2D eigenvalue weighted by molar-refractivity contribution is 7.95. The third-order valence-corrected chi connectivity index (χ3v) is 4.02. The molecule has 2 rings (SSSR count). The van der Waals surface area contributed by atoms with Crippen LogP contribution in [0.5, 0.6) is 5.75 Å². The maximum Gasteiger partial charge on any atom is 0.200 e. The summed E-state index contributed by atoms with van der Waals surface area (Å²) in [7, 11) is -3.40.